The standard InChI is InChI=1S/C16H25NO2/c1-17-12-16(19-11-10-13-4-3-5-13)14-6-8-15(18-2)9-7-14/h6-9,13,16-17H,3-5,10-12H2,1-2H3. The third-order valence-electron chi connectivity index (χ3n) is 3.95. The normalized spacial score (nSPS) is 16.9. The lowest BCUT2D eigenvalue weighted by atomic mass is 9.83. The summed E-state index contributed by atoms with van der Waals surface area (Å²) in [6.07, 6.45) is 5.53. The first-order chi connectivity index (χ1) is 9.33. The van der Waals surface area contributed by atoms with Gasteiger partial charge in [-0.15, -0.1) is 0 Å². The Morgan fingerprint density at radius 2 is 2.00 bits per heavy atom. The Morgan fingerprint density at radius 1 is 1.26 bits per heavy atom. The van der Waals surface area contributed by atoms with Crippen molar-refractivity contribution < 1.29 is 9.47 Å². The van der Waals surface area contributed by atoms with E-state index in [1.165, 1.54) is 31.2 Å². The van der Waals surface area contributed by atoms with Crippen molar-refractivity contribution in [1.29, 1.82) is 0 Å². The zero-order valence-electron chi connectivity index (χ0n) is 12.0. The van der Waals surface area contributed by atoms with Crippen LogP contribution in [0.3, 0.4) is 0 Å². The second-order valence-electron chi connectivity index (χ2n) is 5.28. The van der Waals surface area contributed by atoms with Crippen LogP contribution in [-0.4, -0.2) is 27.3 Å². The van der Waals surface area contributed by atoms with Crippen LogP contribution in [0, 0.1) is 5.92 Å². The summed E-state index contributed by atoms with van der Waals surface area (Å²) in [4.78, 5) is 0. The van der Waals surface area contributed by atoms with Crippen LogP contribution < -0.4 is 10.1 Å². The highest BCUT2D eigenvalue weighted by Crippen LogP contribution is 2.30. The van der Waals surface area contributed by atoms with Crippen LogP contribution in [0.1, 0.15) is 37.4 Å². The van der Waals surface area contributed by atoms with Crippen molar-refractivity contribution >= 4 is 0 Å². The van der Waals surface area contributed by atoms with E-state index in [-0.39, 0.29) is 6.10 Å². The summed E-state index contributed by atoms with van der Waals surface area (Å²) < 4.78 is 11.2. The van der Waals surface area contributed by atoms with Crippen molar-refractivity contribution in [3.63, 3.8) is 0 Å². The van der Waals surface area contributed by atoms with Crippen LogP contribution in [-0.2, 0) is 4.74 Å². The highest BCUT2D eigenvalue weighted by molar-refractivity contribution is 5.28. The van der Waals surface area contributed by atoms with Crippen LogP contribution in [0.5, 0.6) is 5.75 Å². The van der Waals surface area contributed by atoms with Crippen LogP contribution in [0.15, 0.2) is 24.3 Å². The fourth-order valence-electron chi connectivity index (χ4n) is 2.44. The number of likely N-dealkylation sites (N-methyl/N-ethyl adjacent to an activating group) is 1. The van der Waals surface area contributed by atoms with Gasteiger partial charge in [-0.3, -0.25) is 0 Å². The number of benzene rings is 1. The van der Waals surface area contributed by atoms with E-state index in [4.69, 9.17) is 9.47 Å². The predicted molar refractivity (Wildman–Crippen MR) is 77.6 cm³/mol. The van der Waals surface area contributed by atoms with Gasteiger partial charge in [0.2, 0.25) is 0 Å². The van der Waals surface area contributed by atoms with Crippen LogP contribution in [0.2, 0.25) is 0 Å². The Balaban J connectivity index is 1.85. The van der Waals surface area contributed by atoms with E-state index < -0.39 is 0 Å². The zero-order chi connectivity index (χ0) is 13.5. The van der Waals surface area contributed by atoms with Crippen molar-refractivity contribution in [1.82, 2.24) is 5.32 Å². The molecule has 0 saturated heterocycles. The molecule has 0 heterocycles. The summed E-state index contributed by atoms with van der Waals surface area (Å²) in [6.45, 7) is 1.71. The molecular formula is C16H25NO2. The van der Waals surface area contributed by atoms with Gasteiger partial charge in [0.05, 0.1) is 13.2 Å². The lowest BCUT2D eigenvalue weighted by Gasteiger charge is -2.26. The molecule has 2 rings (SSSR count). The van der Waals surface area contributed by atoms with Gasteiger partial charge in [-0.2, -0.15) is 0 Å². The number of hydrogen-bond acceptors (Lipinski definition) is 3. The molecular weight excluding hydrogens is 238 g/mol. The van der Waals surface area contributed by atoms with Crippen LogP contribution in [0.4, 0.5) is 0 Å². The van der Waals surface area contributed by atoms with Gasteiger partial charge in [0.1, 0.15) is 5.75 Å². The van der Waals surface area contributed by atoms with Gasteiger partial charge in [-0.25, -0.2) is 0 Å². The van der Waals surface area contributed by atoms with Crippen molar-refractivity contribution in [3.05, 3.63) is 29.8 Å². The van der Waals surface area contributed by atoms with E-state index in [1.54, 1.807) is 7.11 Å². The van der Waals surface area contributed by atoms with E-state index >= 15 is 0 Å². The number of nitrogens with one attached hydrogen (secondary N) is 1. The predicted octanol–water partition coefficient (Wildman–Crippen LogP) is 3.16. The Morgan fingerprint density at radius 3 is 2.53 bits per heavy atom. The van der Waals surface area contributed by atoms with Crippen molar-refractivity contribution in [2.24, 2.45) is 5.92 Å². The Kier molecular flexibility index (Phi) is 5.67. The third-order valence-corrected chi connectivity index (χ3v) is 3.95. The molecule has 3 nitrogen and oxygen atoms in total. The molecule has 1 aromatic rings. The molecule has 0 spiro atoms. The number of rotatable bonds is 8. The minimum Gasteiger partial charge on any atom is -0.497 e. The van der Waals surface area contributed by atoms with Crippen molar-refractivity contribution in [2.45, 2.75) is 31.8 Å². The first-order valence-corrected chi connectivity index (χ1v) is 7.23. The second-order valence-corrected chi connectivity index (χ2v) is 5.28. The molecule has 3 heteroatoms. The smallest absolute Gasteiger partial charge is 0.118 e. The molecule has 1 fully saturated rings. The van der Waals surface area contributed by atoms with Gasteiger partial charge < -0.3 is 14.8 Å². The molecule has 0 aliphatic heterocycles. The fourth-order valence-corrected chi connectivity index (χ4v) is 2.44. The quantitative estimate of drug-likeness (QED) is 0.781. The van der Waals surface area contributed by atoms with E-state index in [2.05, 4.69) is 17.4 Å². The average Bonchev–Trinajstić information content (AvgIpc) is 2.40. The minimum absolute atomic E-state index is 0.135. The minimum atomic E-state index is 0.135. The van der Waals surface area contributed by atoms with Crippen molar-refractivity contribution in [3.8, 4) is 5.75 Å². The topological polar surface area (TPSA) is 30.5 Å². The lowest BCUT2D eigenvalue weighted by Crippen LogP contribution is -2.21. The fraction of sp³-hybridized carbons (Fsp3) is 0.625. The van der Waals surface area contributed by atoms with Crippen molar-refractivity contribution in [2.75, 3.05) is 27.3 Å². The number of methoxy groups -OCH3 is 1. The molecule has 1 aliphatic rings. The Labute approximate surface area is 116 Å². The molecule has 1 unspecified atom stereocenters. The number of ether oxygens (including phenoxy) is 2. The summed E-state index contributed by atoms with van der Waals surface area (Å²) >= 11 is 0. The van der Waals surface area contributed by atoms with E-state index in [9.17, 15) is 0 Å². The van der Waals surface area contributed by atoms with E-state index in [1.807, 2.05) is 19.2 Å². The summed E-state index contributed by atoms with van der Waals surface area (Å²) in [5, 5.41) is 3.20. The Hall–Kier alpha value is -1.06. The maximum atomic E-state index is 6.05. The molecule has 1 N–H and O–H groups in total. The molecule has 1 aliphatic carbocycles. The molecule has 0 bridgehead atoms. The highest BCUT2D eigenvalue weighted by Gasteiger charge is 2.18. The maximum absolute atomic E-state index is 6.05. The molecule has 19 heavy (non-hydrogen) atoms. The average molecular weight is 263 g/mol. The first-order valence-electron chi connectivity index (χ1n) is 7.23. The van der Waals surface area contributed by atoms with E-state index in [0.717, 1.165) is 24.8 Å². The highest BCUT2D eigenvalue weighted by atomic mass is 16.5. The molecule has 1 aromatic carbocycles. The molecule has 106 valence electrons. The summed E-state index contributed by atoms with van der Waals surface area (Å²) in [5.74, 6) is 1.80. The van der Waals surface area contributed by atoms with Gasteiger partial charge in [-0.05, 0) is 37.1 Å². The zero-order valence-corrected chi connectivity index (χ0v) is 12.0. The SMILES string of the molecule is CNCC(OCCC1CCC1)c1ccc(OC)cc1. The van der Waals surface area contributed by atoms with Gasteiger partial charge in [0, 0.05) is 13.2 Å². The van der Waals surface area contributed by atoms with E-state index in [0.29, 0.717) is 0 Å². The van der Waals surface area contributed by atoms with Gasteiger partial charge in [-0.1, -0.05) is 31.4 Å². The molecule has 1 atom stereocenters. The molecule has 0 amide bonds. The van der Waals surface area contributed by atoms with Crippen LogP contribution >= 0.6 is 0 Å². The van der Waals surface area contributed by atoms with Crippen LogP contribution in [0.25, 0.3) is 0 Å². The summed E-state index contributed by atoms with van der Waals surface area (Å²) in [6, 6.07) is 8.16. The van der Waals surface area contributed by atoms with Gasteiger partial charge >= 0.3 is 0 Å². The summed E-state index contributed by atoms with van der Waals surface area (Å²) in [7, 11) is 3.65. The molecule has 1 saturated carbocycles. The molecule has 0 aromatic heterocycles. The molecule has 0 radical (unpaired) electrons. The maximum Gasteiger partial charge on any atom is 0.118 e. The monoisotopic (exact) mass is 263 g/mol. The number of hydrogen-bond donors (Lipinski definition) is 1. The Bertz CT molecular complexity index is 360. The first kappa shape index (κ1) is 14.4. The third kappa shape index (κ3) is 4.22. The van der Waals surface area contributed by atoms with Gasteiger partial charge in [0.25, 0.3) is 0 Å². The largest absolute Gasteiger partial charge is 0.497 e. The summed E-state index contributed by atoms with van der Waals surface area (Å²) in [5.41, 5.74) is 1.21. The van der Waals surface area contributed by atoms with Gasteiger partial charge in [0.15, 0.2) is 0 Å². The second kappa shape index (κ2) is 7.51. The lowest BCUT2D eigenvalue weighted by molar-refractivity contribution is 0.0383.